The van der Waals surface area contributed by atoms with Gasteiger partial charge in [-0.25, -0.2) is 15.6 Å². The van der Waals surface area contributed by atoms with Gasteiger partial charge in [-0.1, -0.05) is 30.3 Å². The second-order valence-electron chi connectivity index (χ2n) is 5.41. The van der Waals surface area contributed by atoms with Gasteiger partial charge in [0.15, 0.2) is 0 Å². The Hall–Kier alpha value is -2.71. The van der Waals surface area contributed by atoms with Crippen molar-refractivity contribution in [3.05, 3.63) is 65.0 Å². The molecule has 0 amide bonds. The van der Waals surface area contributed by atoms with E-state index in [0.29, 0.717) is 17.9 Å². The van der Waals surface area contributed by atoms with Gasteiger partial charge < -0.3 is 9.15 Å². The van der Waals surface area contributed by atoms with Crippen LogP contribution in [0.15, 0.2) is 63.8 Å². The summed E-state index contributed by atoms with van der Waals surface area (Å²) in [5.41, 5.74) is 13.2. The van der Waals surface area contributed by atoms with Crippen molar-refractivity contribution in [2.45, 2.75) is 6.17 Å². The third-order valence-electron chi connectivity index (χ3n) is 3.77. The average Bonchev–Trinajstić information content (AvgIpc) is 3.13. The van der Waals surface area contributed by atoms with Crippen molar-refractivity contribution in [2.75, 3.05) is 6.61 Å². The molecule has 0 radical (unpaired) electrons. The third kappa shape index (κ3) is 3.01. The lowest BCUT2D eigenvalue weighted by Gasteiger charge is -2.12. The molecule has 1 fully saturated rings. The van der Waals surface area contributed by atoms with E-state index in [1.54, 1.807) is 6.07 Å². The number of ether oxygens (including phenoxy) is 1. The highest BCUT2D eigenvalue weighted by Crippen LogP contribution is 2.29. The fourth-order valence-electron chi connectivity index (χ4n) is 2.63. The number of nitrogens with one attached hydrogen (secondary N) is 4. The zero-order chi connectivity index (χ0) is 16.4. The normalized spacial score (nSPS) is 15.0. The Morgan fingerprint density at radius 2 is 1.79 bits per heavy atom. The van der Waals surface area contributed by atoms with E-state index in [2.05, 4.69) is 21.9 Å². The predicted molar refractivity (Wildman–Crippen MR) is 89.7 cm³/mol. The lowest BCUT2D eigenvalue weighted by molar-refractivity contribution is 0.260. The van der Waals surface area contributed by atoms with E-state index >= 15 is 0 Å². The molecule has 4 N–H and O–H groups in total. The molecular weight excluding hydrogens is 308 g/mol. The first-order valence-electron chi connectivity index (χ1n) is 7.57. The molecule has 1 saturated heterocycles. The standard InChI is InChI=1S/C17H16N4O3/c22-17-9-14(11-4-2-1-3-5-11)13-7-6-12(8-15(13)24-17)23-10-16-18-20-21-19-16/h1-9,16,18-21H,10H2. The van der Waals surface area contributed by atoms with E-state index in [9.17, 15) is 4.79 Å². The Labute approximate surface area is 137 Å². The van der Waals surface area contributed by atoms with Crippen LogP contribution in [-0.2, 0) is 0 Å². The summed E-state index contributed by atoms with van der Waals surface area (Å²) in [7, 11) is 0. The van der Waals surface area contributed by atoms with Crippen molar-refractivity contribution in [1.29, 1.82) is 0 Å². The fraction of sp³-hybridized carbons (Fsp3) is 0.118. The zero-order valence-corrected chi connectivity index (χ0v) is 12.7. The maximum absolute atomic E-state index is 11.9. The lowest BCUT2D eigenvalue weighted by atomic mass is 10.0. The molecule has 7 nitrogen and oxygen atoms in total. The van der Waals surface area contributed by atoms with E-state index in [0.717, 1.165) is 16.5 Å². The summed E-state index contributed by atoms with van der Waals surface area (Å²) in [5.74, 6) is 0.631. The Morgan fingerprint density at radius 3 is 2.58 bits per heavy atom. The number of hydrogen-bond donors (Lipinski definition) is 4. The Morgan fingerprint density at radius 1 is 1.00 bits per heavy atom. The molecule has 0 spiro atoms. The van der Waals surface area contributed by atoms with Crippen LogP contribution in [0.5, 0.6) is 5.75 Å². The topological polar surface area (TPSA) is 87.6 Å². The monoisotopic (exact) mass is 324 g/mol. The summed E-state index contributed by atoms with van der Waals surface area (Å²) in [5, 5.41) is 0.869. The molecule has 4 rings (SSSR count). The highest BCUT2D eigenvalue weighted by molar-refractivity contribution is 5.93. The summed E-state index contributed by atoms with van der Waals surface area (Å²) in [6, 6.07) is 16.8. The molecule has 24 heavy (non-hydrogen) atoms. The fourth-order valence-corrected chi connectivity index (χ4v) is 2.63. The minimum Gasteiger partial charge on any atom is -0.490 e. The van der Waals surface area contributed by atoms with Crippen LogP contribution in [0.4, 0.5) is 0 Å². The molecular formula is C17H16N4O3. The van der Waals surface area contributed by atoms with Crippen LogP contribution < -0.4 is 32.3 Å². The summed E-state index contributed by atoms with van der Waals surface area (Å²) in [4.78, 5) is 11.9. The average molecular weight is 324 g/mol. The molecule has 2 heterocycles. The van der Waals surface area contributed by atoms with Crippen molar-refractivity contribution in [1.82, 2.24) is 21.9 Å². The minimum absolute atomic E-state index is 0.0663. The van der Waals surface area contributed by atoms with Gasteiger partial charge >= 0.3 is 5.63 Å². The first kappa shape index (κ1) is 14.9. The van der Waals surface area contributed by atoms with Crippen molar-refractivity contribution >= 4 is 11.0 Å². The molecule has 7 heteroatoms. The molecule has 2 aromatic carbocycles. The number of hydrogen-bond acceptors (Lipinski definition) is 7. The van der Waals surface area contributed by atoms with E-state index in [1.807, 2.05) is 42.5 Å². The van der Waals surface area contributed by atoms with Gasteiger partial charge in [0, 0.05) is 17.5 Å². The van der Waals surface area contributed by atoms with Crippen LogP contribution in [0.2, 0.25) is 0 Å². The Balaban J connectivity index is 1.68. The maximum Gasteiger partial charge on any atom is 0.336 e. The number of rotatable bonds is 4. The van der Waals surface area contributed by atoms with Gasteiger partial charge in [-0.3, -0.25) is 0 Å². The predicted octanol–water partition coefficient (Wildman–Crippen LogP) is 1.28. The first-order valence-corrected chi connectivity index (χ1v) is 7.57. The van der Waals surface area contributed by atoms with Gasteiger partial charge in [0.1, 0.15) is 24.1 Å². The maximum atomic E-state index is 11.9. The summed E-state index contributed by atoms with van der Waals surface area (Å²) in [6.07, 6.45) is -0.0663. The molecule has 1 aromatic heterocycles. The molecule has 0 saturated carbocycles. The van der Waals surface area contributed by atoms with E-state index in [4.69, 9.17) is 9.15 Å². The summed E-state index contributed by atoms with van der Waals surface area (Å²) in [6.45, 7) is 0.397. The molecule has 122 valence electrons. The van der Waals surface area contributed by atoms with Crippen molar-refractivity contribution in [3.63, 3.8) is 0 Å². The Bertz CT molecular complexity index is 905. The highest BCUT2D eigenvalue weighted by atomic mass is 16.5. The van der Waals surface area contributed by atoms with Crippen LogP contribution in [0.3, 0.4) is 0 Å². The second-order valence-corrected chi connectivity index (χ2v) is 5.41. The van der Waals surface area contributed by atoms with E-state index < -0.39 is 0 Å². The molecule has 0 bridgehead atoms. The Kier molecular flexibility index (Phi) is 3.97. The second kappa shape index (κ2) is 6.42. The lowest BCUT2D eigenvalue weighted by Crippen LogP contribution is -2.39. The largest absolute Gasteiger partial charge is 0.490 e. The van der Waals surface area contributed by atoms with E-state index in [1.165, 1.54) is 6.07 Å². The number of hydrazine groups is 3. The smallest absolute Gasteiger partial charge is 0.336 e. The van der Waals surface area contributed by atoms with Crippen molar-refractivity contribution < 1.29 is 9.15 Å². The van der Waals surface area contributed by atoms with Crippen LogP contribution >= 0.6 is 0 Å². The third-order valence-corrected chi connectivity index (χ3v) is 3.77. The van der Waals surface area contributed by atoms with Gasteiger partial charge in [0.2, 0.25) is 0 Å². The highest BCUT2D eigenvalue weighted by Gasteiger charge is 2.13. The van der Waals surface area contributed by atoms with Gasteiger partial charge in [-0.15, -0.1) is 0 Å². The van der Waals surface area contributed by atoms with Crippen molar-refractivity contribution in [3.8, 4) is 16.9 Å². The molecule has 1 aliphatic rings. The number of fused-ring (bicyclic) bond motifs is 1. The zero-order valence-electron chi connectivity index (χ0n) is 12.7. The van der Waals surface area contributed by atoms with Crippen LogP contribution in [0.1, 0.15) is 0 Å². The molecule has 0 atom stereocenters. The molecule has 3 aromatic rings. The van der Waals surface area contributed by atoms with Crippen LogP contribution in [0.25, 0.3) is 22.1 Å². The molecule has 0 unspecified atom stereocenters. The van der Waals surface area contributed by atoms with Gasteiger partial charge in [0.05, 0.1) is 0 Å². The SMILES string of the molecule is O=c1cc(-c2ccccc2)c2ccc(OCC3NNNN3)cc2o1. The van der Waals surface area contributed by atoms with E-state index in [-0.39, 0.29) is 11.8 Å². The van der Waals surface area contributed by atoms with Crippen LogP contribution in [-0.4, -0.2) is 12.8 Å². The summed E-state index contributed by atoms with van der Waals surface area (Å²) >= 11 is 0. The first-order chi connectivity index (χ1) is 11.8. The van der Waals surface area contributed by atoms with Gasteiger partial charge in [-0.2, -0.15) is 11.1 Å². The minimum atomic E-state index is -0.383. The van der Waals surface area contributed by atoms with Crippen molar-refractivity contribution in [2.24, 2.45) is 0 Å². The summed E-state index contributed by atoms with van der Waals surface area (Å²) < 4.78 is 11.1. The van der Waals surface area contributed by atoms with Gasteiger partial charge in [0.25, 0.3) is 0 Å². The van der Waals surface area contributed by atoms with Gasteiger partial charge in [-0.05, 0) is 23.3 Å². The molecule has 1 aliphatic heterocycles. The quantitative estimate of drug-likeness (QED) is 0.538. The molecule has 0 aliphatic carbocycles. The number of benzene rings is 2. The van der Waals surface area contributed by atoms with Crippen LogP contribution in [0, 0.1) is 0 Å².